The van der Waals surface area contributed by atoms with Crippen molar-refractivity contribution in [2.45, 2.75) is 25.7 Å². The van der Waals surface area contributed by atoms with Crippen LogP contribution in [0.25, 0.3) is 0 Å². The number of rotatable bonds is 1. The highest BCUT2D eigenvalue weighted by atomic mass is 19.1. The van der Waals surface area contributed by atoms with Crippen molar-refractivity contribution >= 4 is 5.84 Å². The first-order valence-electron chi connectivity index (χ1n) is 6.00. The number of hydrogen-bond acceptors (Lipinski definition) is 2. The highest BCUT2D eigenvalue weighted by molar-refractivity contribution is 5.79. The van der Waals surface area contributed by atoms with Crippen molar-refractivity contribution in [2.24, 2.45) is 5.16 Å². The number of piperidine rings is 1. The zero-order chi connectivity index (χ0) is 13.1. The Morgan fingerprint density at radius 3 is 2.56 bits per heavy atom. The van der Waals surface area contributed by atoms with Crippen molar-refractivity contribution in [3.05, 3.63) is 35.4 Å². The van der Waals surface area contributed by atoms with Gasteiger partial charge in [-0.25, -0.2) is 8.78 Å². The van der Waals surface area contributed by atoms with Crippen molar-refractivity contribution in [1.82, 2.24) is 4.90 Å². The lowest BCUT2D eigenvalue weighted by atomic mass is 9.89. The number of halogens is 2. The van der Waals surface area contributed by atoms with Gasteiger partial charge in [-0.1, -0.05) is 11.2 Å². The molecule has 1 aliphatic rings. The van der Waals surface area contributed by atoms with E-state index in [1.54, 1.807) is 6.92 Å². The van der Waals surface area contributed by atoms with Crippen LogP contribution in [0, 0.1) is 11.6 Å². The van der Waals surface area contributed by atoms with Gasteiger partial charge in [0.1, 0.15) is 17.5 Å². The van der Waals surface area contributed by atoms with Crippen molar-refractivity contribution in [1.29, 1.82) is 0 Å². The molecule has 3 nitrogen and oxygen atoms in total. The van der Waals surface area contributed by atoms with Crippen LogP contribution in [0.1, 0.15) is 31.2 Å². The van der Waals surface area contributed by atoms with Crippen LogP contribution in [0.2, 0.25) is 0 Å². The molecule has 98 valence electrons. The first kappa shape index (κ1) is 12.8. The summed E-state index contributed by atoms with van der Waals surface area (Å²) >= 11 is 0. The van der Waals surface area contributed by atoms with Crippen molar-refractivity contribution in [2.75, 3.05) is 13.1 Å². The summed E-state index contributed by atoms with van der Waals surface area (Å²) < 4.78 is 26.5. The molecular formula is C13H16F2N2O. The van der Waals surface area contributed by atoms with Crippen LogP contribution in [-0.4, -0.2) is 29.0 Å². The van der Waals surface area contributed by atoms with Gasteiger partial charge in [-0.05, 0) is 37.3 Å². The van der Waals surface area contributed by atoms with Crippen molar-refractivity contribution < 1.29 is 14.0 Å². The fourth-order valence-corrected chi connectivity index (χ4v) is 2.41. The van der Waals surface area contributed by atoms with Crippen LogP contribution in [0.3, 0.4) is 0 Å². The standard InChI is InChI=1S/C13H16F2N2O/c1-9(16-18)17-6-4-10(5-7-17)12-3-2-11(14)8-13(12)15/h2-3,8,10,18H,4-7H2,1H3/b16-9-. The maximum absolute atomic E-state index is 13.6. The molecule has 2 rings (SSSR count). The molecule has 1 saturated heterocycles. The lowest BCUT2D eigenvalue weighted by molar-refractivity contribution is 0.272. The van der Waals surface area contributed by atoms with Crippen LogP contribution >= 0.6 is 0 Å². The molecule has 0 aliphatic carbocycles. The molecule has 0 atom stereocenters. The van der Waals surface area contributed by atoms with Crippen LogP contribution in [0.15, 0.2) is 23.4 Å². The minimum Gasteiger partial charge on any atom is -0.409 e. The van der Waals surface area contributed by atoms with E-state index in [0.717, 1.165) is 32.0 Å². The second-order valence-electron chi connectivity index (χ2n) is 4.57. The molecule has 0 radical (unpaired) electrons. The Balaban J connectivity index is 2.05. The van der Waals surface area contributed by atoms with Gasteiger partial charge < -0.3 is 10.1 Å². The van der Waals surface area contributed by atoms with E-state index < -0.39 is 11.6 Å². The van der Waals surface area contributed by atoms with Gasteiger partial charge in [-0.2, -0.15) is 0 Å². The molecule has 1 aromatic rings. The smallest absolute Gasteiger partial charge is 0.141 e. The number of likely N-dealkylation sites (tertiary alicyclic amines) is 1. The predicted molar refractivity (Wildman–Crippen MR) is 64.8 cm³/mol. The summed E-state index contributed by atoms with van der Waals surface area (Å²) in [4.78, 5) is 1.96. The van der Waals surface area contributed by atoms with E-state index in [1.165, 1.54) is 12.1 Å². The lowest BCUT2D eigenvalue weighted by Gasteiger charge is -2.32. The molecule has 0 bridgehead atoms. The van der Waals surface area contributed by atoms with Crippen molar-refractivity contribution in [3.63, 3.8) is 0 Å². The van der Waals surface area contributed by atoms with E-state index in [0.29, 0.717) is 11.4 Å². The molecular weight excluding hydrogens is 238 g/mol. The third kappa shape index (κ3) is 2.60. The number of benzene rings is 1. The van der Waals surface area contributed by atoms with Crippen LogP contribution in [0.5, 0.6) is 0 Å². The Morgan fingerprint density at radius 2 is 2.00 bits per heavy atom. The molecule has 18 heavy (non-hydrogen) atoms. The molecule has 0 unspecified atom stereocenters. The van der Waals surface area contributed by atoms with Gasteiger partial charge in [0, 0.05) is 19.2 Å². The molecule has 0 saturated carbocycles. The number of amidine groups is 1. The van der Waals surface area contributed by atoms with Gasteiger partial charge in [0.05, 0.1) is 0 Å². The highest BCUT2D eigenvalue weighted by Gasteiger charge is 2.23. The van der Waals surface area contributed by atoms with Gasteiger partial charge in [-0.15, -0.1) is 0 Å². The van der Waals surface area contributed by atoms with E-state index in [2.05, 4.69) is 5.16 Å². The molecule has 1 aromatic carbocycles. The maximum Gasteiger partial charge on any atom is 0.141 e. The Morgan fingerprint density at radius 1 is 1.33 bits per heavy atom. The molecule has 1 aliphatic heterocycles. The average molecular weight is 254 g/mol. The van der Waals surface area contributed by atoms with Crippen LogP contribution < -0.4 is 0 Å². The monoisotopic (exact) mass is 254 g/mol. The normalized spacial score (nSPS) is 18.2. The average Bonchev–Trinajstić information content (AvgIpc) is 2.38. The minimum absolute atomic E-state index is 0.105. The summed E-state index contributed by atoms with van der Waals surface area (Å²) in [5.41, 5.74) is 0.578. The van der Waals surface area contributed by atoms with E-state index in [9.17, 15) is 8.78 Å². The Labute approximate surface area is 105 Å². The van der Waals surface area contributed by atoms with E-state index in [1.807, 2.05) is 4.90 Å². The second-order valence-corrected chi connectivity index (χ2v) is 4.57. The second kappa shape index (κ2) is 5.33. The summed E-state index contributed by atoms with van der Waals surface area (Å²) in [5.74, 6) is -0.334. The Hall–Kier alpha value is -1.65. The number of hydrogen-bond donors (Lipinski definition) is 1. The van der Waals surface area contributed by atoms with E-state index >= 15 is 0 Å². The fourth-order valence-electron chi connectivity index (χ4n) is 2.41. The summed E-state index contributed by atoms with van der Waals surface area (Å²) in [6, 6.07) is 3.76. The number of nitrogens with zero attached hydrogens (tertiary/aromatic N) is 2. The SMILES string of the molecule is C/C(=N/O)N1CCC(c2ccc(F)cc2F)CC1. The summed E-state index contributed by atoms with van der Waals surface area (Å²) in [7, 11) is 0. The summed E-state index contributed by atoms with van der Waals surface area (Å²) in [6.07, 6.45) is 1.55. The minimum atomic E-state index is -0.544. The molecule has 0 amide bonds. The maximum atomic E-state index is 13.6. The quantitative estimate of drug-likeness (QED) is 0.362. The van der Waals surface area contributed by atoms with Crippen LogP contribution in [0.4, 0.5) is 8.78 Å². The molecule has 5 heteroatoms. The fraction of sp³-hybridized carbons (Fsp3) is 0.462. The largest absolute Gasteiger partial charge is 0.409 e. The lowest BCUT2D eigenvalue weighted by Crippen LogP contribution is -2.36. The van der Waals surface area contributed by atoms with E-state index in [-0.39, 0.29) is 5.92 Å². The van der Waals surface area contributed by atoms with Gasteiger partial charge in [-0.3, -0.25) is 0 Å². The van der Waals surface area contributed by atoms with Crippen LogP contribution in [-0.2, 0) is 0 Å². The van der Waals surface area contributed by atoms with Gasteiger partial charge in [0.15, 0.2) is 0 Å². The zero-order valence-corrected chi connectivity index (χ0v) is 10.2. The molecule has 1 N–H and O–H groups in total. The van der Waals surface area contributed by atoms with Gasteiger partial charge >= 0.3 is 0 Å². The third-order valence-corrected chi connectivity index (χ3v) is 3.50. The van der Waals surface area contributed by atoms with Gasteiger partial charge in [0.25, 0.3) is 0 Å². The summed E-state index contributed by atoms with van der Waals surface area (Å²) in [5, 5.41) is 11.8. The predicted octanol–water partition coefficient (Wildman–Crippen LogP) is 2.95. The molecule has 0 aromatic heterocycles. The first-order chi connectivity index (χ1) is 8.61. The first-order valence-corrected chi connectivity index (χ1v) is 6.00. The molecule has 0 spiro atoms. The highest BCUT2D eigenvalue weighted by Crippen LogP contribution is 2.30. The number of oxime groups is 1. The molecule has 1 heterocycles. The van der Waals surface area contributed by atoms with Crippen molar-refractivity contribution in [3.8, 4) is 0 Å². The Kier molecular flexibility index (Phi) is 3.79. The zero-order valence-electron chi connectivity index (χ0n) is 10.2. The Bertz CT molecular complexity index is 454. The van der Waals surface area contributed by atoms with Gasteiger partial charge in [0.2, 0.25) is 0 Å². The molecule has 1 fully saturated rings. The van der Waals surface area contributed by atoms with E-state index in [4.69, 9.17) is 5.21 Å². The topological polar surface area (TPSA) is 35.8 Å². The third-order valence-electron chi connectivity index (χ3n) is 3.50. The summed E-state index contributed by atoms with van der Waals surface area (Å²) in [6.45, 7) is 3.17.